The van der Waals surface area contributed by atoms with Crippen LogP contribution >= 0.6 is 11.3 Å². The fourth-order valence-corrected chi connectivity index (χ4v) is 3.22. The number of benzene rings is 1. The van der Waals surface area contributed by atoms with Gasteiger partial charge >= 0.3 is 0 Å². The fraction of sp³-hybridized carbons (Fsp3) is 0.235. The van der Waals surface area contributed by atoms with Crippen LogP contribution in [0, 0.1) is 11.3 Å². The first-order valence-electron chi connectivity index (χ1n) is 6.59. The first kappa shape index (κ1) is 13.0. The van der Waals surface area contributed by atoms with Crippen LogP contribution in [0.2, 0.25) is 0 Å². The molecule has 1 aliphatic heterocycles. The highest BCUT2D eigenvalue weighted by atomic mass is 32.1. The Kier molecular flexibility index (Phi) is 2.92. The van der Waals surface area contributed by atoms with Crippen molar-refractivity contribution in [3.8, 4) is 16.5 Å². The number of nitrogens with zero attached hydrogens (tertiary/aromatic N) is 2. The molecule has 0 aliphatic carbocycles. The van der Waals surface area contributed by atoms with Gasteiger partial charge < -0.3 is 4.90 Å². The van der Waals surface area contributed by atoms with Crippen LogP contribution in [0.1, 0.15) is 24.3 Å². The summed E-state index contributed by atoms with van der Waals surface area (Å²) in [6.07, 6.45) is 4.42. The smallest absolute Gasteiger partial charge is 0.110 e. The van der Waals surface area contributed by atoms with Gasteiger partial charge in [0.05, 0.1) is 5.54 Å². The van der Waals surface area contributed by atoms with E-state index in [0.29, 0.717) is 0 Å². The van der Waals surface area contributed by atoms with E-state index in [1.165, 1.54) is 28.2 Å². The molecular formula is C17H16N2S. The third-order valence-electron chi connectivity index (χ3n) is 3.92. The molecule has 0 radical (unpaired) electrons. The van der Waals surface area contributed by atoms with Crippen LogP contribution in [0.25, 0.3) is 16.5 Å². The van der Waals surface area contributed by atoms with Crippen molar-refractivity contribution in [3.05, 3.63) is 46.8 Å². The van der Waals surface area contributed by atoms with Gasteiger partial charge in [-0.3, -0.25) is 0 Å². The number of fused-ring (bicyclic) bond motifs is 1. The van der Waals surface area contributed by atoms with Gasteiger partial charge in [-0.05, 0) is 49.2 Å². The highest BCUT2D eigenvalue weighted by molar-refractivity contribution is 7.16. The van der Waals surface area contributed by atoms with Crippen molar-refractivity contribution < 1.29 is 0 Å². The molecular weight excluding hydrogens is 264 g/mol. The molecule has 20 heavy (non-hydrogen) atoms. The molecule has 0 saturated carbocycles. The van der Waals surface area contributed by atoms with E-state index in [4.69, 9.17) is 5.26 Å². The molecule has 0 saturated heterocycles. The second kappa shape index (κ2) is 4.50. The first-order chi connectivity index (χ1) is 9.51. The highest BCUT2D eigenvalue weighted by Crippen LogP contribution is 2.37. The normalized spacial score (nSPS) is 15.8. The third-order valence-corrected chi connectivity index (χ3v) is 4.96. The molecule has 0 spiro atoms. The fourth-order valence-electron chi connectivity index (χ4n) is 2.42. The summed E-state index contributed by atoms with van der Waals surface area (Å²) in [6.45, 7) is 4.41. The molecule has 0 fully saturated rings. The minimum atomic E-state index is 0.0471. The lowest BCUT2D eigenvalue weighted by molar-refractivity contribution is 0.600. The van der Waals surface area contributed by atoms with Gasteiger partial charge in [-0.2, -0.15) is 5.26 Å². The van der Waals surface area contributed by atoms with Crippen LogP contribution in [0.4, 0.5) is 5.69 Å². The van der Waals surface area contributed by atoms with Gasteiger partial charge in [0.25, 0.3) is 0 Å². The molecule has 0 amide bonds. The summed E-state index contributed by atoms with van der Waals surface area (Å²) in [7, 11) is 2.13. The Morgan fingerprint density at radius 1 is 1.20 bits per heavy atom. The molecule has 2 heterocycles. The summed E-state index contributed by atoms with van der Waals surface area (Å²) in [4.78, 5) is 4.19. The van der Waals surface area contributed by atoms with Crippen molar-refractivity contribution in [1.29, 1.82) is 5.26 Å². The van der Waals surface area contributed by atoms with E-state index in [9.17, 15) is 0 Å². The molecule has 0 N–H and O–H groups in total. The van der Waals surface area contributed by atoms with Crippen molar-refractivity contribution in [2.75, 3.05) is 11.9 Å². The largest absolute Gasteiger partial charge is 0.366 e. The Balaban J connectivity index is 2.05. The van der Waals surface area contributed by atoms with E-state index in [1.54, 1.807) is 0 Å². The Morgan fingerprint density at radius 2 is 2.00 bits per heavy atom. The van der Waals surface area contributed by atoms with Crippen LogP contribution in [0.15, 0.2) is 36.4 Å². The van der Waals surface area contributed by atoms with E-state index in [0.717, 1.165) is 9.75 Å². The lowest BCUT2D eigenvalue weighted by Crippen LogP contribution is -2.41. The summed E-state index contributed by atoms with van der Waals surface area (Å²) in [5.41, 5.74) is 3.70. The van der Waals surface area contributed by atoms with E-state index < -0.39 is 0 Å². The molecule has 2 nitrogen and oxygen atoms in total. The molecule has 3 rings (SSSR count). The number of hydrogen-bond acceptors (Lipinski definition) is 3. The van der Waals surface area contributed by atoms with Gasteiger partial charge in [0.15, 0.2) is 0 Å². The Hall–Kier alpha value is -2.05. The van der Waals surface area contributed by atoms with Crippen molar-refractivity contribution in [1.82, 2.24) is 0 Å². The molecule has 0 bridgehead atoms. The SMILES string of the molecule is CN1c2ccc(-c3ccc(C#N)s3)cc2C=CC1(C)C. The van der Waals surface area contributed by atoms with Gasteiger partial charge in [0, 0.05) is 17.6 Å². The molecule has 1 aromatic carbocycles. The average molecular weight is 280 g/mol. The van der Waals surface area contributed by atoms with E-state index >= 15 is 0 Å². The second-order valence-electron chi connectivity index (χ2n) is 5.60. The Bertz CT molecular complexity index is 732. The maximum absolute atomic E-state index is 8.92. The predicted molar refractivity (Wildman–Crippen MR) is 86.0 cm³/mol. The average Bonchev–Trinajstić information content (AvgIpc) is 2.92. The summed E-state index contributed by atoms with van der Waals surface area (Å²) in [6, 6.07) is 12.6. The Morgan fingerprint density at radius 3 is 2.70 bits per heavy atom. The molecule has 3 heteroatoms. The van der Waals surface area contributed by atoms with Crippen LogP contribution in [0.5, 0.6) is 0 Å². The monoisotopic (exact) mass is 280 g/mol. The maximum atomic E-state index is 8.92. The van der Waals surface area contributed by atoms with Gasteiger partial charge in [-0.15, -0.1) is 11.3 Å². The number of rotatable bonds is 1. The van der Waals surface area contributed by atoms with Crippen LogP contribution in [-0.4, -0.2) is 12.6 Å². The highest BCUT2D eigenvalue weighted by Gasteiger charge is 2.25. The van der Waals surface area contributed by atoms with Crippen LogP contribution in [-0.2, 0) is 0 Å². The third kappa shape index (κ3) is 2.03. The molecule has 1 aliphatic rings. The Labute approximate surface area is 123 Å². The maximum Gasteiger partial charge on any atom is 0.110 e. The zero-order chi connectivity index (χ0) is 14.3. The van der Waals surface area contributed by atoms with E-state index in [-0.39, 0.29) is 5.54 Å². The predicted octanol–water partition coefficient (Wildman–Crippen LogP) is 4.53. The minimum absolute atomic E-state index is 0.0471. The molecule has 0 atom stereocenters. The quantitative estimate of drug-likeness (QED) is 0.767. The zero-order valence-corrected chi connectivity index (χ0v) is 12.7. The van der Waals surface area contributed by atoms with Crippen molar-refractivity contribution in [3.63, 3.8) is 0 Å². The van der Waals surface area contributed by atoms with Crippen molar-refractivity contribution >= 4 is 23.1 Å². The number of likely N-dealkylation sites (N-methyl/N-ethyl adjacent to an activating group) is 1. The summed E-state index contributed by atoms with van der Waals surface area (Å²) >= 11 is 1.54. The van der Waals surface area contributed by atoms with Gasteiger partial charge in [-0.25, -0.2) is 0 Å². The number of hydrogen-bond donors (Lipinski definition) is 0. The van der Waals surface area contributed by atoms with Crippen molar-refractivity contribution in [2.24, 2.45) is 0 Å². The lowest BCUT2D eigenvalue weighted by atomic mass is 9.93. The molecule has 0 unspecified atom stereocenters. The zero-order valence-electron chi connectivity index (χ0n) is 11.8. The molecule has 1 aromatic heterocycles. The second-order valence-corrected chi connectivity index (χ2v) is 6.68. The summed E-state index contributed by atoms with van der Waals surface area (Å²) in [5.74, 6) is 0. The van der Waals surface area contributed by atoms with Gasteiger partial charge in [0.2, 0.25) is 0 Å². The standard InChI is InChI=1S/C17H16N2S/c1-17(2)9-8-12-10-13(4-6-15(12)19(17)3)16-7-5-14(11-18)20-16/h4-10H,1-3H3. The summed E-state index contributed by atoms with van der Waals surface area (Å²) < 4.78 is 0. The summed E-state index contributed by atoms with van der Waals surface area (Å²) in [5, 5.41) is 8.92. The topological polar surface area (TPSA) is 27.0 Å². The number of nitriles is 1. The van der Waals surface area contributed by atoms with Crippen LogP contribution in [0.3, 0.4) is 0 Å². The number of anilines is 1. The molecule has 2 aromatic rings. The molecule has 100 valence electrons. The van der Waals surface area contributed by atoms with Crippen molar-refractivity contribution in [2.45, 2.75) is 19.4 Å². The van der Waals surface area contributed by atoms with E-state index in [1.807, 2.05) is 12.1 Å². The van der Waals surface area contributed by atoms with Gasteiger partial charge in [-0.1, -0.05) is 18.2 Å². The lowest BCUT2D eigenvalue weighted by Gasteiger charge is -2.39. The van der Waals surface area contributed by atoms with Crippen LogP contribution < -0.4 is 4.90 Å². The van der Waals surface area contributed by atoms with E-state index in [2.05, 4.69) is 62.2 Å². The van der Waals surface area contributed by atoms with Gasteiger partial charge in [0.1, 0.15) is 10.9 Å². The first-order valence-corrected chi connectivity index (χ1v) is 7.40. The number of thiophene rings is 1. The minimum Gasteiger partial charge on any atom is -0.366 e.